The molecule has 6 rings (SSSR count). The molecule has 36 heavy (non-hydrogen) atoms. The molecule has 0 aliphatic heterocycles. The Bertz CT molecular complexity index is 1690. The maximum atomic E-state index is 2.43. The summed E-state index contributed by atoms with van der Waals surface area (Å²) >= 11 is 0. The molecule has 0 saturated carbocycles. The van der Waals surface area contributed by atoms with Crippen molar-refractivity contribution in [1.29, 1.82) is 0 Å². The van der Waals surface area contributed by atoms with Gasteiger partial charge in [0, 0.05) is 5.56 Å². The van der Waals surface area contributed by atoms with Gasteiger partial charge in [-0.1, -0.05) is 96.6 Å². The predicted molar refractivity (Wildman–Crippen MR) is 150 cm³/mol. The van der Waals surface area contributed by atoms with Gasteiger partial charge in [0.05, 0.1) is 12.6 Å². The van der Waals surface area contributed by atoms with Gasteiger partial charge in [0.15, 0.2) is 11.0 Å². The van der Waals surface area contributed by atoms with Crippen LogP contribution >= 0.6 is 0 Å². The molecule has 1 heterocycles. The van der Waals surface area contributed by atoms with Gasteiger partial charge < -0.3 is 0 Å². The summed E-state index contributed by atoms with van der Waals surface area (Å²) in [5.41, 5.74) is 12.2. The minimum Gasteiger partial charge on any atom is -0.225 e. The van der Waals surface area contributed by atoms with Gasteiger partial charge in [-0.15, -0.1) is 0 Å². The Kier molecular flexibility index (Phi) is 5.50. The van der Waals surface area contributed by atoms with Gasteiger partial charge in [-0.05, 0) is 66.4 Å². The summed E-state index contributed by atoms with van der Waals surface area (Å²) in [5.74, 6) is 1.17. The number of aromatic nitrogens is 2. The van der Waals surface area contributed by atoms with Crippen LogP contribution < -0.4 is 4.57 Å². The lowest BCUT2D eigenvalue weighted by Gasteiger charge is -2.10. The van der Waals surface area contributed by atoms with Crippen LogP contribution in [-0.4, -0.2) is 4.57 Å². The minimum atomic E-state index is 1.17. The molecule has 0 atom stereocenters. The summed E-state index contributed by atoms with van der Waals surface area (Å²) in [7, 11) is 2.19. The van der Waals surface area contributed by atoms with E-state index in [0.717, 1.165) is 0 Å². The normalized spacial score (nSPS) is 11.2. The van der Waals surface area contributed by atoms with Gasteiger partial charge in [-0.3, -0.25) is 0 Å². The molecule has 1 aromatic heterocycles. The Morgan fingerprint density at radius 2 is 1.19 bits per heavy atom. The lowest BCUT2D eigenvalue weighted by atomic mass is 10.0. The molecule has 174 valence electrons. The molecule has 0 spiro atoms. The zero-order valence-electron chi connectivity index (χ0n) is 20.9. The number of fused-ring (bicyclic) bond motifs is 1. The third kappa shape index (κ3) is 3.72. The molecular formula is C34H29N2+. The highest BCUT2D eigenvalue weighted by molar-refractivity contribution is 5.84. The van der Waals surface area contributed by atoms with Crippen molar-refractivity contribution in [2.45, 2.75) is 13.8 Å². The molecule has 6 aromatic rings. The van der Waals surface area contributed by atoms with Crippen molar-refractivity contribution < 1.29 is 4.57 Å². The van der Waals surface area contributed by atoms with E-state index in [0.29, 0.717) is 0 Å². The highest BCUT2D eigenvalue weighted by Crippen LogP contribution is 2.32. The van der Waals surface area contributed by atoms with E-state index in [1.54, 1.807) is 0 Å². The van der Waals surface area contributed by atoms with Crippen molar-refractivity contribution in [3.8, 4) is 39.3 Å². The average molecular weight is 466 g/mol. The van der Waals surface area contributed by atoms with Crippen LogP contribution in [0.15, 0.2) is 121 Å². The largest absolute Gasteiger partial charge is 0.295 e. The molecule has 5 aromatic carbocycles. The fourth-order valence-corrected chi connectivity index (χ4v) is 5.18. The fraction of sp³-hybridized carbons (Fsp3) is 0.0882. The number of nitrogens with zero attached hydrogens (tertiary/aromatic N) is 2. The third-order valence-electron chi connectivity index (χ3n) is 7.11. The molecule has 2 nitrogen and oxygen atoms in total. The zero-order valence-corrected chi connectivity index (χ0v) is 20.9. The van der Waals surface area contributed by atoms with Crippen molar-refractivity contribution >= 4 is 11.0 Å². The highest BCUT2D eigenvalue weighted by atomic mass is 15.2. The third-order valence-corrected chi connectivity index (χ3v) is 7.11. The van der Waals surface area contributed by atoms with E-state index in [-0.39, 0.29) is 0 Å². The number of hydrogen-bond donors (Lipinski definition) is 0. The van der Waals surface area contributed by atoms with Crippen molar-refractivity contribution in [3.05, 3.63) is 132 Å². The van der Waals surface area contributed by atoms with E-state index in [2.05, 4.69) is 151 Å². The maximum absolute atomic E-state index is 2.43. The molecule has 0 radical (unpaired) electrons. The second-order valence-corrected chi connectivity index (χ2v) is 9.49. The number of benzene rings is 5. The number of para-hydroxylation sites is 1. The predicted octanol–water partition coefficient (Wildman–Crippen LogP) is 8.07. The van der Waals surface area contributed by atoms with Crippen LogP contribution in [0.5, 0.6) is 0 Å². The smallest absolute Gasteiger partial charge is 0.225 e. The van der Waals surface area contributed by atoms with E-state index in [1.807, 2.05) is 0 Å². The van der Waals surface area contributed by atoms with E-state index < -0.39 is 0 Å². The first-order chi connectivity index (χ1) is 17.6. The number of aryl methyl sites for hydroxylation is 3. The van der Waals surface area contributed by atoms with Gasteiger partial charge in [0.2, 0.25) is 0 Å². The van der Waals surface area contributed by atoms with E-state index in [1.165, 1.54) is 61.5 Å². The molecule has 0 aliphatic carbocycles. The summed E-state index contributed by atoms with van der Waals surface area (Å²) in [6, 6.07) is 43.7. The first kappa shape index (κ1) is 22.1. The van der Waals surface area contributed by atoms with Crippen molar-refractivity contribution in [1.82, 2.24) is 4.57 Å². The first-order valence-electron chi connectivity index (χ1n) is 12.4. The fourth-order valence-electron chi connectivity index (χ4n) is 5.18. The molecular weight excluding hydrogens is 436 g/mol. The topological polar surface area (TPSA) is 8.81 Å². The maximum Gasteiger partial charge on any atom is 0.295 e. The van der Waals surface area contributed by atoms with E-state index in [9.17, 15) is 0 Å². The lowest BCUT2D eigenvalue weighted by Crippen LogP contribution is -2.33. The standard InChI is InChI=1S/C34H29N2/c1-24-17-19-26(20-18-24)28-21-22-32-33(23-28)35(3)34(29-14-8-7-11-25(29)2)36(32)31-16-10-9-15-30(31)27-12-5-4-6-13-27/h4-23H,1-3H3/q+1. The van der Waals surface area contributed by atoms with Crippen LogP contribution in [0.3, 0.4) is 0 Å². The summed E-state index contributed by atoms with van der Waals surface area (Å²) in [4.78, 5) is 0. The van der Waals surface area contributed by atoms with Crippen molar-refractivity contribution in [2.24, 2.45) is 7.05 Å². The lowest BCUT2D eigenvalue weighted by molar-refractivity contribution is -0.555. The molecule has 0 unspecified atom stereocenters. The zero-order chi connectivity index (χ0) is 24.6. The van der Waals surface area contributed by atoms with E-state index in [4.69, 9.17) is 0 Å². The molecule has 0 aliphatic rings. The summed E-state index contributed by atoms with van der Waals surface area (Å²) in [6.45, 7) is 4.32. The Balaban J connectivity index is 1.68. The van der Waals surface area contributed by atoms with Crippen LogP contribution in [0.2, 0.25) is 0 Å². The molecule has 0 bridgehead atoms. The average Bonchev–Trinajstić information content (AvgIpc) is 3.21. The van der Waals surface area contributed by atoms with Crippen molar-refractivity contribution in [3.63, 3.8) is 0 Å². The van der Waals surface area contributed by atoms with Crippen LogP contribution in [0.1, 0.15) is 11.1 Å². The van der Waals surface area contributed by atoms with Crippen LogP contribution in [0.4, 0.5) is 0 Å². The monoisotopic (exact) mass is 465 g/mol. The van der Waals surface area contributed by atoms with Gasteiger partial charge in [0.25, 0.3) is 5.82 Å². The Morgan fingerprint density at radius 1 is 0.556 bits per heavy atom. The Morgan fingerprint density at radius 3 is 1.94 bits per heavy atom. The van der Waals surface area contributed by atoms with Gasteiger partial charge in [-0.2, -0.15) is 4.57 Å². The number of imidazole rings is 1. The second-order valence-electron chi connectivity index (χ2n) is 9.49. The number of hydrogen-bond acceptors (Lipinski definition) is 0. The molecule has 0 N–H and O–H groups in total. The molecule has 0 amide bonds. The van der Waals surface area contributed by atoms with Gasteiger partial charge in [-0.25, -0.2) is 4.57 Å². The Labute approximate surface area is 212 Å². The highest BCUT2D eigenvalue weighted by Gasteiger charge is 2.28. The quantitative estimate of drug-likeness (QED) is 0.233. The van der Waals surface area contributed by atoms with Crippen LogP contribution in [0, 0.1) is 13.8 Å². The minimum absolute atomic E-state index is 1.17. The second kappa shape index (κ2) is 8.98. The number of rotatable bonds is 4. The first-order valence-corrected chi connectivity index (χ1v) is 12.4. The van der Waals surface area contributed by atoms with Crippen molar-refractivity contribution in [2.75, 3.05) is 0 Å². The van der Waals surface area contributed by atoms with Gasteiger partial charge >= 0.3 is 0 Å². The summed E-state index contributed by atoms with van der Waals surface area (Å²) in [5, 5.41) is 0. The summed E-state index contributed by atoms with van der Waals surface area (Å²) in [6.07, 6.45) is 0. The SMILES string of the molecule is Cc1ccc(-c2ccc3c(c2)n(C)c(-c2ccccc2C)[n+]3-c2ccccc2-c2ccccc2)cc1. The Hall–Kier alpha value is -4.43. The van der Waals surface area contributed by atoms with Gasteiger partial charge in [0.1, 0.15) is 5.69 Å². The molecule has 0 saturated heterocycles. The van der Waals surface area contributed by atoms with Crippen LogP contribution in [0.25, 0.3) is 50.4 Å². The van der Waals surface area contributed by atoms with Crippen LogP contribution in [-0.2, 0) is 7.05 Å². The van der Waals surface area contributed by atoms with E-state index >= 15 is 0 Å². The molecule has 2 heteroatoms. The summed E-state index contributed by atoms with van der Waals surface area (Å²) < 4.78 is 4.77. The molecule has 0 fully saturated rings.